The second-order valence-corrected chi connectivity index (χ2v) is 6.19. The van der Waals surface area contributed by atoms with Gasteiger partial charge < -0.3 is 19.2 Å². The molecule has 0 aliphatic heterocycles. The van der Waals surface area contributed by atoms with Gasteiger partial charge in [0, 0.05) is 12.1 Å². The molecule has 0 atom stereocenters. The molecular weight excluding hydrogens is 348 g/mol. The lowest BCUT2D eigenvalue weighted by Crippen LogP contribution is -2.27. The van der Waals surface area contributed by atoms with Gasteiger partial charge in [0.1, 0.15) is 11.5 Å². The van der Waals surface area contributed by atoms with Crippen molar-refractivity contribution >= 4 is 11.7 Å². The van der Waals surface area contributed by atoms with Gasteiger partial charge in [0.15, 0.2) is 11.5 Å². The molecule has 2 aromatic rings. The molecule has 0 saturated carbocycles. The minimum atomic E-state index is -0.255. The fourth-order valence-corrected chi connectivity index (χ4v) is 2.58. The number of aryl methyl sites for hydroxylation is 1. The molecule has 0 saturated heterocycles. The quantitative estimate of drug-likeness (QED) is 0.508. The summed E-state index contributed by atoms with van der Waals surface area (Å²) in [4.78, 5) is 28.3. The van der Waals surface area contributed by atoms with Gasteiger partial charge in [-0.05, 0) is 31.5 Å². The number of nitrogens with one attached hydrogen (secondary N) is 1. The lowest BCUT2D eigenvalue weighted by atomic mass is 10.1. The number of Topliss-reactive ketones (excluding diaryl/α,β-unsaturated/α-hetero) is 1. The topological polar surface area (TPSA) is 90.7 Å². The summed E-state index contributed by atoms with van der Waals surface area (Å²) in [6.45, 7) is 4.39. The molecule has 2 rings (SSSR count). The molecule has 1 amide bonds. The third-order valence-electron chi connectivity index (χ3n) is 4.10. The predicted molar refractivity (Wildman–Crippen MR) is 101 cm³/mol. The van der Waals surface area contributed by atoms with Crippen molar-refractivity contribution in [3.8, 4) is 23.0 Å². The maximum Gasteiger partial charge on any atom is 0.227 e. The Balaban J connectivity index is 2.06. The van der Waals surface area contributed by atoms with Gasteiger partial charge in [-0.2, -0.15) is 0 Å². The number of methoxy groups -OCH3 is 2. The van der Waals surface area contributed by atoms with Crippen LogP contribution >= 0.6 is 0 Å². The Hall–Kier alpha value is -2.83. The number of nitrogens with zero attached hydrogens (tertiary/aromatic N) is 1. The second-order valence-electron chi connectivity index (χ2n) is 6.19. The van der Waals surface area contributed by atoms with E-state index in [2.05, 4.69) is 10.3 Å². The fourth-order valence-electron chi connectivity index (χ4n) is 2.58. The zero-order valence-corrected chi connectivity index (χ0v) is 16.3. The maximum atomic E-state index is 12.2. The van der Waals surface area contributed by atoms with Gasteiger partial charge in [-0.15, -0.1) is 0 Å². The fraction of sp³-hybridized carbons (Fsp3) is 0.450. The van der Waals surface area contributed by atoms with Gasteiger partial charge >= 0.3 is 0 Å². The van der Waals surface area contributed by atoms with E-state index in [0.29, 0.717) is 41.0 Å². The van der Waals surface area contributed by atoms with Crippen LogP contribution in [0.1, 0.15) is 37.6 Å². The van der Waals surface area contributed by atoms with Crippen molar-refractivity contribution in [2.45, 2.75) is 39.5 Å². The van der Waals surface area contributed by atoms with Crippen LogP contribution in [0.2, 0.25) is 0 Å². The Kier molecular flexibility index (Phi) is 7.40. The van der Waals surface area contributed by atoms with E-state index < -0.39 is 0 Å². The van der Waals surface area contributed by atoms with Crippen molar-refractivity contribution in [2.75, 3.05) is 20.8 Å². The van der Waals surface area contributed by atoms with Crippen LogP contribution in [-0.4, -0.2) is 37.4 Å². The first kappa shape index (κ1) is 20.5. The molecule has 0 unspecified atom stereocenters. The molecule has 27 heavy (non-hydrogen) atoms. The molecule has 0 spiro atoms. The van der Waals surface area contributed by atoms with E-state index in [9.17, 15) is 9.59 Å². The SMILES string of the molecule is CCCCNC(=O)CC(=O)Cc1nc(-c2ccc(OC)c(OC)c2)oc1C. The average molecular weight is 374 g/mol. The van der Waals surface area contributed by atoms with Gasteiger partial charge in [0.2, 0.25) is 11.8 Å². The molecule has 0 aliphatic rings. The molecule has 7 heteroatoms. The molecule has 0 aliphatic carbocycles. The summed E-state index contributed by atoms with van der Waals surface area (Å²) in [5.41, 5.74) is 1.25. The predicted octanol–water partition coefficient (Wildman–Crippen LogP) is 3.09. The van der Waals surface area contributed by atoms with E-state index in [1.807, 2.05) is 6.92 Å². The Labute approximate surface area is 159 Å². The zero-order valence-electron chi connectivity index (χ0n) is 16.3. The van der Waals surface area contributed by atoms with E-state index in [-0.39, 0.29) is 24.5 Å². The molecule has 7 nitrogen and oxygen atoms in total. The smallest absolute Gasteiger partial charge is 0.227 e. The van der Waals surface area contributed by atoms with Crippen molar-refractivity contribution in [1.82, 2.24) is 10.3 Å². The first-order valence-corrected chi connectivity index (χ1v) is 8.95. The van der Waals surface area contributed by atoms with Crippen LogP contribution in [0.5, 0.6) is 11.5 Å². The highest BCUT2D eigenvalue weighted by atomic mass is 16.5. The second kappa shape index (κ2) is 9.75. The third-order valence-corrected chi connectivity index (χ3v) is 4.10. The van der Waals surface area contributed by atoms with Crippen molar-refractivity contribution < 1.29 is 23.5 Å². The molecule has 0 radical (unpaired) electrons. The number of amides is 1. The summed E-state index contributed by atoms with van der Waals surface area (Å²) < 4.78 is 16.2. The van der Waals surface area contributed by atoms with E-state index in [4.69, 9.17) is 13.9 Å². The monoisotopic (exact) mass is 374 g/mol. The molecule has 1 aromatic carbocycles. The molecule has 0 bridgehead atoms. The highest BCUT2D eigenvalue weighted by Crippen LogP contribution is 2.32. The summed E-state index contributed by atoms with van der Waals surface area (Å²) in [6, 6.07) is 5.33. The standard InChI is InChI=1S/C20H26N2O5/c1-5-6-9-21-19(24)12-15(23)11-16-13(2)27-20(22-16)14-7-8-17(25-3)18(10-14)26-4/h7-8,10H,5-6,9,11-12H2,1-4H3,(H,21,24). The average Bonchev–Trinajstić information content (AvgIpc) is 3.01. The summed E-state index contributed by atoms with van der Waals surface area (Å²) in [5, 5.41) is 2.74. The van der Waals surface area contributed by atoms with Gasteiger partial charge in [0.25, 0.3) is 0 Å². The Morgan fingerprint density at radius 2 is 1.93 bits per heavy atom. The molecule has 1 N–H and O–H groups in total. The van der Waals surface area contributed by atoms with Crippen LogP contribution in [0.3, 0.4) is 0 Å². The minimum Gasteiger partial charge on any atom is -0.493 e. The number of benzene rings is 1. The Bertz CT molecular complexity index is 798. The number of hydrogen-bond acceptors (Lipinski definition) is 6. The number of hydrogen-bond donors (Lipinski definition) is 1. The first-order chi connectivity index (χ1) is 13.0. The number of aromatic nitrogens is 1. The molecular formula is C20H26N2O5. The number of ether oxygens (including phenoxy) is 2. The van der Waals surface area contributed by atoms with E-state index in [1.54, 1.807) is 39.3 Å². The van der Waals surface area contributed by atoms with Crippen molar-refractivity contribution in [3.63, 3.8) is 0 Å². The van der Waals surface area contributed by atoms with Crippen LogP contribution in [0.15, 0.2) is 22.6 Å². The summed E-state index contributed by atoms with van der Waals surface area (Å²) >= 11 is 0. The number of oxazole rings is 1. The van der Waals surface area contributed by atoms with Crippen molar-refractivity contribution in [2.24, 2.45) is 0 Å². The first-order valence-electron chi connectivity index (χ1n) is 8.95. The maximum absolute atomic E-state index is 12.2. The van der Waals surface area contributed by atoms with Crippen LogP contribution < -0.4 is 14.8 Å². The van der Waals surface area contributed by atoms with Gasteiger partial charge in [-0.25, -0.2) is 4.98 Å². The molecule has 1 aromatic heterocycles. The molecule has 1 heterocycles. The number of rotatable bonds is 10. The van der Waals surface area contributed by atoms with Crippen LogP contribution in [0.25, 0.3) is 11.5 Å². The summed E-state index contributed by atoms with van der Waals surface area (Å²) in [7, 11) is 3.12. The lowest BCUT2D eigenvalue weighted by molar-refractivity contribution is -0.127. The van der Waals surface area contributed by atoms with E-state index >= 15 is 0 Å². The summed E-state index contributed by atoms with van der Waals surface area (Å²) in [5.74, 6) is 1.67. The largest absolute Gasteiger partial charge is 0.493 e. The molecule has 146 valence electrons. The van der Waals surface area contributed by atoms with Crippen molar-refractivity contribution in [3.05, 3.63) is 29.7 Å². The van der Waals surface area contributed by atoms with Crippen LogP contribution in [-0.2, 0) is 16.0 Å². The number of ketones is 1. The Morgan fingerprint density at radius 1 is 1.19 bits per heavy atom. The summed E-state index contributed by atoms with van der Waals surface area (Å²) in [6.07, 6.45) is 1.80. The van der Waals surface area contributed by atoms with E-state index in [1.165, 1.54) is 0 Å². The number of carbonyl (C=O) groups is 2. The van der Waals surface area contributed by atoms with Gasteiger partial charge in [0.05, 0.1) is 32.8 Å². The van der Waals surface area contributed by atoms with Gasteiger partial charge in [-0.1, -0.05) is 13.3 Å². The minimum absolute atomic E-state index is 0.0593. The van der Waals surface area contributed by atoms with Crippen molar-refractivity contribution in [1.29, 1.82) is 0 Å². The third kappa shape index (κ3) is 5.57. The highest BCUT2D eigenvalue weighted by molar-refractivity contribution is 5.98. The van der Waals surface area contributed by atoms with Crippen LogP contribution in [0, 0.1) is 6.92 Å². The van der Waals surface area contributed by atoms with Crippen LogP contribution in [0.4, 0.5) is 0 Å². The van der Waals surface area contributed by atoms with Gasteiger partial charge in [-0.3, -0.25) is 9.59 Å². The number of carbonyl (C=O) groups excluding carboxylic acids is 2. The van der Waals surface area contributed by atoms with E-state index in [0.717, 1.165) is 12.8 Å². The lowest BCUT2D eigenvalue weighted by Gasteiger charge is -2.07. The highest BCUT2D eigenvalue weighted by Gasteiger charge is 2.17. The Morgan fingerprint density at radius 3 is 2.59 bits per heavy atom. The normalized spacial score (nSPS) is 10.5. The number of unbranched alkanes of at least 4 members (excludes halogenated alkanes) is 1. The molecule has 0 fully saturated rings. The zero-order chi connectivity index (χ0) is 19.8.